The van der Waals surface area contributed by atoms with Crippen molar-refractivity contribution in [3.8, 4) is 0 Å². The molecule has 1 aromatic rings. The third-order valence-corrected chi connectivity index (χ3v) is 2.15. The summed E-state index contributed by atoms with van der Waals surface area (Å²) in [5.41, 5.74) is 0.452. The van der Waals surface area contributed by atoms with Crippen molar-refractivity contribution in [1.29, 1.82) is 0 Å². The van der Waals surface area contributed by atoms with Gasteiger partial charge in [0.15, 0.2) is 0 Å². The normalized spacial score (nSPS) is 9.77. The van der Waals surface area contributed by atoms with E-state index in [4.69, 9.17) is 11.6 Å². The lowest BCUT2D eigenvalue weighted by Crippen LogP contribution is -2.26. The summed E-state index contributed by atoms with van der Waals surface area (Å²) in [6.07, 6.45) is 3.04. The van der Waals surface area contributed by atoms with Crippen molar-refractivity contribution in [2.45, 2.75) is 6.92 Å². The topological polar surface area (TPSA) is 33.2 Å². The number of halogens is 1. The fourth-order valence-electron chi connectivity index (χ4n) is 0.884. The summed E-state index contributed by atoms with van der Waals surface area (Å²) in [5.74, 6) is -0.0967. The van der Waals surface area contributed by atoms with Crippen LogP contribution in [0.1, 0.15) is 17.3 Å². The van der Waals surface area contributed by atoms with E-state index in [-0.39, 0.29) is 5.91 Å². The fourth-order valence-corrected chi connectivity index (χ4v) is 1.07. The van der Waals surface area contributed by atoms with Crippen molar-refractivity contribution in [2.24, 2.45) is 0 Å². The second-order valence-corrected chi connectivity index (χ2v) is 3.08. The highest BCUT2D eigenvalue weighted by Crippen LogP contribution is 2.14. The number of hydrogen-bond donors (Lipinski definition) is 0. The van der Waals surface area contributed by atoms with Gasteiger partial charge in [0.05, 0.1) is 10.6 Å². The van der Waals surface area contributed by atoms with Gasteiger partial charge in [0, 0.05) is 26.0 Å². The maximum Gasteiger partial charge on any atom is 0.256 e. The Kier molecular flexibility index (Phi) is 3.25. The number of hydrogen-bond acceptors (Lipinski definition) is 2. The maximum atomic E-state index is 11.6. The monoisotopic (exact) mass is 198 g/mol. The first-order chi connectivity index (χ1) is 6.16. The SMILES string of the molecule is CCN(C)C(=O)c1cnccc1Cl. The first kappa shape index (κ1) is 9.99. The van der Waals surface area contributed by atoms with Crippen LogP contribution in [-0.4, -0.2) is 29.4 Å². The van der Waals surface area contributed by atoms with Crippen LogP contribution in [0, 0.1) is 0 Å². The molecule has 1 aromatic heterocycles. The predicted octanol–water partition coefficient (Wildman–Crippen LogP) is 1.83. The van der Waals surface area contributed by atoms with E-state index in [0.717, 1.165) is 0 Å². The van der Waals surface area contributed by atoms with Gasteiger partial charge in [-0.05, 0) is 13.0 Å². The molecule has 3 nitrogen and oxygen atoms in total. The maximum absolute atomic E-state index is 11.6. The second kappa shape index (κ2) is 4.23. The first-order valence-electron chi connectivity index (χ1n) is 4.01. The van der Waals surface area contributed by atoms with Gasteiger partial charge in [-0.2, -0.15) is 0 Å². The summed E-state index contributed by atoms with van der Waals surface area (Å²) in [6.45, 7) is 2.56. The molecule has 1 rings (SSSR count). The van der Waals surface area contributed by atoms with Gasteiger partial charge in [-0.3, -0.25) is 9.78 Å². The van der Waals surface area contributed by atoms with Crippen molar-refractivity contribution in [3.63, 3.8) is 0 Å². The predicted molar refractivity (Wildman–Crippen MR) is 51.9 cm³/mol. The molecule has 0 aliphatic rings. The molecule has 13 heavy (non-hydrogen) atoms. The Bertz CT molecular complexity index is 314. The molecule has 0 aliphatic heterocycles. The number of carbonyl (C=O) groups is 1. The zero-order valence-electron chi connectivity index (χ0n) is 7.62. The van der Waals surface area contributed by atoms with E-state index in [2.05, 4.69) is 4.98 Å². The van der Waals surface area contributed by atoms with Gasteiger partial charge in [-0.1, -0.05) is 11.6 Å². The van der Waals surface area contributed by atoms with E-state index in [1.165, 1.54) is 6.20 Å². The molecule has 0 unspecified atom stereocenters. The molecule has 0 saturated heterocycles. The largest absolute Gasteiger partial charge is 0.342 e. The van der Waals surface area contributed by atoms with E-state index in [9.17, 15) is 4.79 Å². The van der Waals surface area contributed by atoms with Crippen molar-refractivity contribution < 1.29 is 4.79 Å². The molecule has 70 valence electrons. The number of nitrogens with zero attached hydrogens (tertiary/aromatic N) is 2. The lowest BCUT2D eigenvalue weighted by Gasteiger charge is -2.14. The molecule has 1 amide bonds. The Morgan fingerprint density at radius 2 is 2.38 bits per heavy atom. The van der Waals surface area contributed by atoms with E-state index in [1.807, 2.05) is 6.92 Å². The molecule has 0 saturated carbocycles. The fraction of sp³-hybridized carbons (Fsp3) is 0.333. The van der Waals surface area contributed by atoms with E-state index in [0.29, 0.717) is 17.1 Å². The molecule has 0 N–H and O–H groups in total. The van der Waals surface area contributed by atoms with Crippen LogP contribution in [0.4, 0.5) is 0 Å². The van der Waals surface area contributed by atoms with Crippen molar-refractivity contribution in [1.82, 2.24) is 9.88 Å². The van der Waals surface area contributed by atoms with Crippen LogP contribution in [0.3, 0.4) is 0 Å². The van der Waals surface area contributed by atoms with Crippen LogP contribution in [0.2, 0.25) is 5.02 Å². The number of aromatic nitrogens is 1. The minimum atomic E-state index is -0.0967. The average Bonchev–Trinajstić information content (AvgIpc) is 2.16. The Hall–Kier alpha value is -1.09. The van der Waals surface area contributed by atoms with Crippen molar-refractivity contribution in [3.05, 3.63) is 29.0 Å². The van der Waals surface area contributed by atoms with E-state index >= 15 is 0 Å². The third-order valence-electron chi connectivity index (χ3n) is 1.82. The van der Waals surface area contributed by atoms with Crippen LogP contribution < -0.4 is 0 Å². The molecule has 1 heterocycles. The molecule has 0 radical (unpaired) electrons. The van der Waals surface area contributed by atoms with Gasteiger partial charge in [-0.25, -0.2) is 0 Å². The number of pyridine rings is 1. The van der Waals surface area contributed by atoms with Crippen molar-refractivity contribution in [2.75, 3.05) is 13.6 Å². The number of amides is 1. The van der Waals surface area contributed by atoms with Crippen LogP contribution in [-0.2, 0) is 0 Å². The Balaban J connectivity index is 2.95. The van der Waals surface area contributed by atoms with Crippen LogP contribution >= 0.6 is 11.6 Å². The summed E-state index contributed by atoms with van der Waals surface area (Å²) < 4.78 is 0. The minimum Gasteiger partial charge on any atom is -0.342 e. The van der Waals surface area contributed by atoms with Crippen LogP contribution in [0.25, 0.3) is 0 Å². The summed E-state index contributed by atoms with van der Waals surface area (Å²) in [5, 5.41) is 0.445. The summed E-state index contributed by atoms with van der Waals surface area (Å²) in [6, 6.07) is 1.61. The Labute approximate surface area is 82.3 Å². The number of carbonyl (C=O) groups excluding carboxylic acids is 1. The quantitative estimate of drug-likeness (QED) is 0.727. The van der Waals surface area contributed by atoms with Gasteiger partial charge >= 0.3 is 0 Å². The molecule has 0 aliphatic carbocycles. The summed E-state index contributed by atoms with van der Waals surface area (Å²) in [7, 11) is 1.73. The molecule has 4 heteroatoms. The highest BCUT2D eigenvalue weighted by atomic mass is 35.5. The summed E-state index contributed by atoms with van der Waals surface area (Å²) in [4.78, 5) is 17.0. The van der Waals surface area contributed by atoms with E-state index < -0.39 is 0 Å². The van der Waals surface area contributed by atoms with Crippen LogP contribution in [0.5, 0.6) is 0 Å². The molecular formula is C9H11ClN2O. The second-order valence-electron chi connectivity index (χ2n) is 2.67. The third kappa shape index (κ3) is 2.18. The van der Waals surface area contributed by atoms with Gasteiger partial charge < -0.3 is 4.90 Å². The molecule has 0 fully saturated rings. The van der Waals surface area contributed by atoms with Gasteiger partial charge in [0.1, 0.15) is 0 Å². The van der Waals surface area contributed by atoms with Gasteiger partial charge in [-0.15, -0.1) is 0 Å². The lowest BCUT2D eigenvalue weighted by atomic mass is 10.2. The average molecular weight is 199 g/mol. The molecule has 0 atom stereocenters. The molecule has 0 spiro atoms. The Morgan fingerprint density at radius 3 is 2.92 bits per heavy atom. The molecular weight excluding hydrogens is 188 g/mol. The highest BCUT2D eigenvalue weighted by Gasteiger charge is 2.12. The van der Waals surface area contributed by atoms with Crippen molar-refractivity contribution >= 4 is 17.5 Å². The molecule has 0 aromatic carbocycles. The summed E-state index contributed by atoms with van der Waals surface area (Å²) >= 11 is 5.83. The van der Waals surface area contributed by atoms with Crippen LogP contribution in [0.15, 0.2) is 18.5 Å². The number of rotatable bonds is 2. The zero-order chi connectivity index (χ0) is 9.84. The lowest BCUT2D eigenvalue weighted by molar-refractivity contribution is 0.0802. The smallest absolute Gasteiger partial charge is 0.256 e. The van der Waals surface area contributed by atoms with E-state index in [1.54, 1.807) is 24.2 Å². The standard InChI is InChI=1S/C9H11ClN2O/c1-3-12(2)9(13)7-6-11-5-4-8(7)10/h4-6H,3H2,1-2H3. The van der Waals surface area contributed by atoms with Gasteiger partial charge in [0.2, 0.25) is 0 Å². The first-order valence-corrected chi connectivity index (χ1v) is 4.39. The van der Waals surface area contributed by atoms with Gasteiger partial charge in [0.25, 0.3) is 5.91 Å². The zero-order valence-corrected chi connectivity index (χ0v) is 8.38. The minimum absolute atomic E-state index is 0.0967. The highest BCUT2D eigenvalue weighted by molar-refractivity contribution is 6.33. The molecule has 0 bridgehead atoms. The Morgan fingerprint density at radius 1 is 1.69 bits per heavy atom.